The Bertz CT molecular complexity index is 651. The fourth-order valence-corrected chi connectivity index (χ4v) is 2.93. The molecule has 1 saturated heterocycles. The fraction of sp³-hybridized carbons (Fsp3) is 0.562. The minimum Gasteiger partial charge on any atom is -0.468 e. The first-order valence-electron chi connectivity index (χ1n) is 8.27. The number of furan rings is 1. The zero-order valence-corrected chi connectivity index (χ0v) is 16.9. The van der Waals surface area contributed by atoms with E-state index < -0.39 is 0 Å². The van der Waals surface area contributed by atoms with E-state index in [1.807, 2.05) is 12.1 Å². The number of aliphatic imine (C=N–C) groups is 1. The summed E-state index contributed by atoms with van der Waals surface area (Å²) in [4.78, 5) is 10.9. The van der Waals surface area contributed by atoms with Crippen LogP contribution in [-0.4, -0.2) is 47.7 Å². The summed E-state index contributed by atoms with van der Waals surface area (Å²) in [6.45, 7) is 5.15. The summed E-state index contributed by atoms with van der Waals surface area (Å²) in [5, 5.41) is 10.4. The molecule has 0 saturated carbocycles. The van der Waals surface area contributed by atoms with Gasteiger partial charge in [-0.25, -0.2) is 0 Å². The molecular weight excluding hydrogens is 435 g/mol. The second kappa shape index (κ2) is 9.76. The smallest absolute Gasteiger partial charge is 0.223 e. The van der Waals surface area contributed by atoms with E-state index in [2.05, 4.69) is 30.7 Å². The Kier molecular flexibility index (Phi) is 7.69. The number of likely N-dealkylation sites (tertiary alicyclic amines) is 1. The summed E-state index contributed by atoms with van der Waals surface area (Å²) in [6, 6.07) is 4.17. The van der Waals surface area contributed by atoms with Crippen molar-refractivity contribution in [1.29, 1.82) is 0 Å². The lowest BCUT2D eigenvalue weighted by Gasteiger charge is -2.26. The first-order valence-corrected chi connectivity index (χ1v) is 8.27. The van der Waals surface area contributed by atoms with Gasteiger partial charge in [-0.2, -0.15) is 4.98 Å². The van der Waals surface area contributed by atoms with Gasteiger partial charge in [0.05, 0.1) is 18.8 Å². The third-order valence-corrected chi connectivity index (χ3v) is 4.12. The molecule has 0 radical (unpaired) electrons. The molecule has 0 bridgehead atoms. The van der Waals surface area contributed by atoms with E-state index in [0.29, 0.717) is 24.2 Å². The first kappa shape index (κ1) is 19.7. The Morgan fingerprint density at radius 3 is 2.76 bits per heavy atom. The topological polar surface area (TPSA) is 91.7 Å². The highest BCUT2D eigenvalue weighted by atomic mass is 127. The molecule has 0 spiro atoms. The van der Waals surface area contributed by atoms with E-state index in [1.54, 1.807) is 20.2 Å². The maximum Gasteiger partial charge on any atom is 0.223 e. The van der Waals surface area contributed by atoms with Crippen LogP contribution in [0, 0.1) is 6.92 Å². The molecule has 138 valence electrons. The van der Waals surface area contributed by atoms with Gasteiger partial charge >= 0.3 is 0 Å². The lowest BCUT2D eigenvalue weighted by molar-refractivity contribution is 0.215. The average Bonchev–Trinajstić information content (AvgIpc) is 3.33. The van der Waals surface area contributed by atoms with Crippen molar-refractivity contribution in [3.05, 3.63) is 35.9 Å². The molecule has 0 amide bonds. The number of guanidine groups is 1. The molecule has 0 aromatic carbocycles. The van der Waals surface area contributed by atoms with E-state index in [1.165, 1.54) is 12.8 Å². The Balaban J connectivity index is 0.00000225. The van der Waals surface area contributed by atoms with Crippen molar-refractivity contribution >= 4 is 29.9 Å². The van der Waals surface area contributed by atoms with Crippen LogP contribution in [0.3, 0.4) is 0 Å². The van der Waals surface area contributed by atoms with Crippen LogP contribution in [0.1, 0.15) is 36.4 Å². The van der Waals surface area contributed by atoms with Crippen molar-refractivity contribution in [1.82, 2.24) is 25.7 Å². The Morgan fingerprint density at radius 1 is 1.36 bits per heavy atom. The molecule has 2 N–H and O–H groups in total. The number of hydrogen-bond acceptors (Lipinski definition) is 6. The minimum atomic E-state index is 0. The number of nitrogens with zero attached hydrogens (tertiary/aromatic N) is 4. The lowest BCUT2D eigenvalue weighted by Crippen LogP contribution is -2.42. The molecule has 1 aliphatic heterocycles. The zero-order valence-electron chi connectivity index (χ0n) is 14.6. The maximum atomic E-state index is 5.63. The minimum absolute atomic E-state index is 0. The quantitative estimate of drug-likeness (QED) is 0.388. The maximum absolute atomic E-state index is 5.63. The standard InChI is InChI=1S/C16H24N6O2.HI/c1-12-20-15(21-24-12)11-19-16(17-2)18-10-13(14-6-5-9-23-14)22-7-3-4-8-22;/h5-6,9,13H,3-4,7-8,10-11H2,1-2H3,(H2,17,18,19);1H. The summed E-state index contributed by atoms with van der Waals surface area (Å²) in [5.41, 5.74) is 0. The lowest BCUT2D eigenvalue weighted by atomic mass is 10.2. The van der Waals surface area contributed by atoms with Gasteiger partial charge in [0, 0.05) is 20.5 Å². The largest absolute Gasteiger partial charge is 0.468 e. The average molecular weight is 460 g/mol. The van der Waals surface area contributed by atoms with Crippen molar-refractivity contribution < 1.29 is 8.94 Å². The van der Waals surface area contributed by atoms with Gasteiger partial charge in [0.2, 0.25) is 5.89 Å². The molecule has 1 aliphatic rings. The van der Waals surface area contributed by atoms with E-state index in [9.17, 15) is 0 Å². The zero-order chi connectivity index (χ0) is 16.8. The molecule has 2 aromatic rings. The van der Waals surface area contributed by atoms with Gasteiger partial charge in [-0.1, -0.05) is 5.16 Å². The third-order valence-electron chi connectivity index (χ3n) is 4.12. The van der Waals surface area contributed by atoms with Crippen LogP contribution in [-0.2, 0) is 6.54 Å². The van der Waals surface area contributed by atoms with Crippen LogP contribution in [0.5, 0.6) is 0 Å². The van der Waals surface area contributed by atoms with Gasteiger partial charge in [0.1, 0.15) is 5.76 Å². The monoisotopic (exact) mass is 460 g/mol. The molecule has 2 aromatic heterocycles. The van der Waals surface area contributed by atoms with Crippen molar-refractivity contribution in [2.75, 3.05) is 26.7 Å². The van der Waals surface area contributed by atoms with Gasteiger partial charge in [0.25, 0.3) is 0 Å². The highest BCUT2D eigenvalue weighted by Gasteiger charge is 2.25. The summed E-state index contributed by atoms with van der Waals surface area (Å²) in [6.07, 6.45) is 4.20. The second-order valence-corrected chi connectivity index (χ2v) is 5.81. The molecule has 3 rings (SSSR count). The number of aryl methyl sites for hydroxylation is 1. The van der Waals surface area contributed by atoms with Gasteiger partial charge in [-0.3, -0.25) is 9.89 Å². The van der Waals surface area contributed by atoms with Crippen LogP contribution in [0.15, 0.2) is 32.3 Å². The molecular formula is C16H25IN6O2. The molecule has 1 atom stereocenters. The molecule has 25 heavy (non-hydrogen) atoms. The molecule has 8 nitrogen and oxygen atoms in total. The van der Waals surface area contributed by atoms with Crippen LogP contribution < -0.4 is 10.6 Å². The summed E-state index contributed by atoms with van der Waals surface area (Å²) in [5.74, 6) is 2.85. The third kappa shape index (κ3) is 5.43. The molecule has 1 fully saturated rings. The summed E-state index contributed by atoms with van der Waals surface area (Å²) in [7, 11) is 1.74. The highest BCUT2D eigenvalue weighted by Crippen LogP contribution is 2.24. The Morgan fingerprint density at radius 2 is 2.16 bits per heavy atom. The van der Waals surface area contributed by atoms with Crippen LogP contribution >= 0.6 is 24.0 Å². The van der Waals surface area contributed by atoms with Crippen LogP contribution in [0.4, 0.5) is 0 Å². The van der Waals surface area contributed by atoms with Crippen molar-refractivity contribution in [2.24, 2.45) is 4.99 Å². The van der Waals surface area contributed by atoms with Gasteiger partial charge in [-0.05, 0) is 38.1 Å². The predicted molar refractivity (Wildman–Crippen MR) is 105 cm³/mol. The molecule has 0 aliphatic carbocycles. The molecule has 9 heteroatoms. The molecule has 1 unspecified atom stereocenters. The van der Waals surface area contributed by atoms with Gasteiger partial charge < -0.3 is 19.6 Å². The number of hydrogen-bond donors (Lipinski definition) is 2. The van der Waals surface area contributed by atoms with Crippen molar-refractivity contribution in [3.63, 3.8) is 0 Å². The van der Waals surface area contributed by atoms with Crippen LogP contribution in [0.25, 0.3) is 0 Å². The Labute approximate surface area is 164 Å². The van der Waals surface area contributed by atoms with Gasteiger partial charge in [-0.15, -0.1) is 24.0 Å². The second-order valence-electron chi connectivity index (χ2n) is 5.81. The first-order chi connectivity index (χ1) is 11.8. The summed E-state index contributed by atoms with van der Waals surface area (Å²) < 4.78 is 10.6. The van der Waals surface area contributed by atoms with E-state index in [0.717, 1.165) is 25.4 Å². The number of rotatable bonds is 6. The van der Waals surface area contributed by atoms with Crippen molar-refractivity contribution in [3.8, 4) is 0 Å². The fourth-order valence-electron chi connectivity index (χ4n) is 2.93. The molecule has 3 heterocycles. The highest BCUT2D eigenvalue weighted by molar-refractivity contribution is 14.0. The Hall–Kier alpha value is -1.62. The van der Waals surface area contributed by atoms with Crippen LogP contribution in [0.2, 0.25) is 0 Å². The van der Waals surface area contributed by atoms with Crippen molar-refractivity contribution in [2.45, 2.75) is 32.4 Å². The van der Waals surface area contributed by atoms with E-state index >= 15 is 0 Å². The number of aromatic nitrogens is 2. The predicted octanol–water partition coefficient (Wildman–Crippen LogP) is 2.09. The SMILES string of the molecule is CN=C(NCc1noc(C)n1)NCC(c1ccco1)N1CCCC1.I. The van der Waals surface area contributed by atoms with E-state index in [4.69, 9.17) is 8.94 Å². The number of halogens is 1. The summed E-state index contributed by atoms with van der Waals surface area (Å²) >= 11 is 0. The van der Waals surface area contributed by atoms with E-state index in [-0.39, 0.29) is 30.0 Å². The van der Waals surface area contributed by atoms with Gasteiger partial charge in [0.15, 0.2) is 11.8 Å². The normalized spacial score (nSPS) is 16.5. The number of nitrogens with one attached hydrogen (secondary N) is 2.